The van der Waals surface area contributed by atoms with Gasteiger partial charge in [-0.2, -0.15) is 0 Å². The minimum atomic E-state index is -0.164. The Balaban J connectivity index is 2.19. The average molecular weight is 279 g/mol. The van der Waals surface area contributed by atoms with Crippen molar-refractivity contribution in [3.63, 3.8) is 0 Å². The van der Waals surface area contributed by atoms with Crippen LogP contribution in [-0.4, -0.2) is 44.7 Å². The van der Waals surface area contributed by atoms with Crippen LogP contribution in [0.1, 0.15) is 24.0 Å². The zero-order chi connectivity index (χ0) is 15.0. The molecule has 0 saturated carbocycles. The molecule has 0 amide bonds. The van der Waals surface area contributed by atoms with Crippen LogP contribution in [0, 0.1) is 13.8 Å². The molecule has 1 rings (SSSR count). The summed E-state index contributed by atoms with van der Waals surface area (Å²) < 4.78 is 10.4. The van der Waals surface area contributed by atoms with Crippen LogP contribution in [-0.2, 0) is 9.53 Å². The number of carbonyl (C=O) groups excluding carboxylic acids is 1. The Hall–Kier alpha value is -1.55. The Morgan fingerprint density at radius 2 is 1.80 bits per heavy atom. The summed E-state index contributed by atoms with van der Waals surface area (Å²) in [5.74, 6) is 0.767. The first-order chi connectivity index (χ1) is 9.51. The van der Waals surface area contributed by atoms with Gasteiger partial charge < -0.3 is 14.4 Å². The molecule has 0 bridgehead atoms. The number of methoxy groups -OCH3 is 1. The standard InChI is InChI=1S/C16H25NO3/c1-13-10-14(2)12-15(11-13)20-9-5-7-17(3)8-6-16(18)19-4/h10-12H,5-9H2,1-4H3. The summed E-state index contributed by atoms with van der Waals surface area (Å²) in [6, 6.07) is 6.23. The van der Waals surface area contributed by atoms with Crippen molar-refractivity contribution in [2.24, 2.45) is 0 Å². The van der Waals surface area contributed by atoms with Gasteiger partial charge in [-0.25, -0.2) is 0 Å². The minimum Gasteiger partial charge on any atom is -0.494 e. The maximum Gasteiger partial charge on any atom is 0.306 e. The van der Waals surface area contributed by atoms with Crippen LogP contribution in [0.2, 0.25) is 0 Å². The summed E-state index contributed by atoms with van der Waals surface area (Å²) in [4.78, 5) is 13.1. The van der Waals surface area contributed by atoms with Gasteiger partial charge in [0.1, 0.15) is 5.75 Å². The molecular weight excluding hydrogens is 254 g/mol. The van der Waals surface area contributed by atoms with Gasteiger partial charge >= 0.3 is 5.97 Å². The number of nitrogens with zero attached hydrogens (tertiary/aromatic N) is 1. The molecule has 0 saturated heterocycles. The van der Waals surface area contributed by atoms with Crippen molar-refractivity contribution < 1.29 is 14.3 Å². The van der Waals surface area contributed by atoms with Crippen LogP contribution in [0.3, 0.4) is 0 Å². The quantitative estimate of drug-likeness (QED) is 0.541. The van der Waals surface area contributed by atoms with Gasteiger partial charge in [0.2, 0.25) is 0 Å². The van der Waals surface area contributed by atoms with Crippen molar-refractivity contribution in [3.05, 3.63) is 29.3 Å². The zero-order valence-electron chi connectivity index (χ0n) is 12.9. The van der Waals surface area contributed by atoms with Crippen molar-refractivity contribution in [3.8, 4) is 5.75 Å². The van der Waals surface area contributed by atoms with E-state index in [0.29, 0.717) is 13.0 Å². The lowest BCUT2D eigenvalue weighted by atomic mass is 10.1. The summed E-state index contributed by atoms with van der Waals surface area (Å²) in [5.41, 5.74) is 2.44. The highest BCUT2D eigenvalue weighted by Crippen LogP contribution is 2.16. The van der Waals surface area contributed by atoms with E-state index >= 15 is 0 Å². The normalized spacial score (nSPS) is 10.7. The molecule has 0 aliphatic heterocycles. The molecule has 1 aromatic rings. The summed E-state index contributed by atoms with van der Waals surface area (Å²) in [6.45, 7) is 6.45. The van der Waals surface area contributed by atoms with E-state index in [1.807, 2.05) is 19.2 Å². The summed E-state index contributed by atoms with van der Waals surface area (Å²) in [7, 11) is 3.42. The first kappa shape index (κ1) is 16.5. The second kappa shape index (κ2) is 8.59. The Morgan fingerprint density at radius 1 is 1.15 bits per heavy atom. The number of rotatable bonds is 8. The van der Waals surface area contributed by atoms with E-state index in [-0.39, 0.29) is 5.97 Å². The predicted octanol–water partition coefficient (Wildman–Crippen LogP) is 2.57. The smallest absolute Gasteiger partial charge is 0.306 e. The van der Waals surface area contributed by atoms with Gasteiger partial charge in [-0.15, -0.1) is 0 Å². The van der Waals surface area contributed by atoms with E-state index in [1.54, 1.807) is 0 Å². The Morgan fingerprint density at radius 3 is 2.40 bits per heavy atom. The van der Waals surface area contributed by atoms with Gasteiger partial charge in [0.25, 0.3) is 0 Å². The van der Waals surface area contributed by atoms with Crippen molar-refractivity contribution in [2.75, 3.05) is 33.9 Å². The number of benzene rings is 1. The zero-order valence-corrected chi connectivity index (χ0v) is 12.9. The molecule has 0 aromatic heterocycles. The van der Waals surface area contributed by atoms with E-state index in [9.17, 15) is 4.79 Å². The van der Waals surface area contributed by atoms with E-state index in [1.165, 1.54) is 18.2 Å². The topological polar surface area (TPSA) is 38.8 Å². The first-order valence-electron chi connectivity index (χ1n) is 6.97. The Bertz CT molecular complexity index is 411. The second-order valence-electron chi connectivity index (χ2n) is 5.15. The number of hydrogen-bond acceptors (Lipinski definition) is 4. The molecule has 0 spiro atoms. The fraction of sp³-hybridized carbons (Fsp3) is 0.562. The maximum atomic E-state index is 11.0. The van der Waals surface area contributed by atoms with Gasteiger partial charge in [0, 0.05) is 13.1 Å². The van der Waals surface area contributed by atoms with Gasteiger partial charge in [-0.05, 0) is 50.6 Å². The van der Waals surface area contributed by atoms with Crippen LogP contribution >= 0.6 is 0 Å². The summed E-state index contributed by atoms with van der Waals surface area (Å²) in [6.07, 6.45) is 1.37. The second-order valence-corrected chi connectivity index (χ2v) is 5.15. The molecule has 4 heteroatoms. The third-order valence-corrected chi connectivity index (χ3v) is 3.07. The molecule has 0 N–H and O–H groups in total. The molecule has 0 aliphatic carbocycles. The van der Waals surface area contributed by atoms with Crippen molar-refractivity contribution in [2.45, 2.75) is 26.7 Å². The SMILES string of the molecule is COC(=O)CCN(C)CCCOc1cc(C)cc(C)c1. The van der Waals surface area contributed by atoms with Gasteiger partial charge in [0.05, 0.1) is 20.1 Å². The molecule has 0 atom stereocenters. The number of hydrogen-bond donors (Lipinski definition) is 0. The van der Waals surface area contributed by atoms with Crippen LogP contribution in [0.15, 0.2) is 18.2 Å². The third kappa shape index (κ3) is 6.57. The highest BCUT2D eigenvalue weighted by atomic mass is 16.5. The first-order valence-corrected chi connectivity index (χ1v) is 6.97. The molecule has 1 aromatic carbocycles. The van der Waals surface area contributed by atoms with E-state index in [0.717, 1.165) is 25.3 Å². The van der Waals surface area contributed by atoms with Crippen molar-refractivity contribution >= 4 is 5.97 Å². The average Bonchev–Trinajstić information content (AvgIpc) is 2.40. The molecule has 4 nitrogen and oxygen atoms in total. The van der Waals surface area contributed by atoms with Crippen LogP contribution in [0.25, 0.3) is 0 Å². The molecule has 0 aliphatic rings. The van der Waals surface area contributed by atoms with Crippen LogP contribution < -0.4 is 4.74 Å². The van der Waals surface area contributed by atoms with Crippen molar-refractivity contribution in [1.82, 2.24) is 4.90 Å². The molecule has 0 heterocycles. The monoisotopic (exact) mass is 279 g/mol. The largest absolute Gasteiger partial charge is 0.494 e. The van der Waals surface area contributed by atoms with Crippen molar-refractivity contribution in [1.29, 1.82) is 0 Å². The lowest BCUT2D eigenvalue weighted by molar-refractivity contribution is -0.140. The molecular formula is C16H25NO3. The summed E-state index contributed by atoms with van der Waals surface area (Å²) >= 11 is 0. The van der Waals surface area contributed by atoms with Crippen LogP contribution in [0.5, 0.6) is 5.75 Å². The number of ether oxygens (including phenoxy) is 2. The third-order valence-electron chi connectivity index (χ3n) is 3.07. The fourth-order valence-electron chi connectivity index (χ4n) is 2.04. The van der Waals surface area contributed by atoms with E-state index in [2.05, 4.69) is 29.6 Å². The molecule has 0 radical (unpaired) electrons. The fourth-order valence-corrected chi connectivity index (χ4v) is 2.04. The molecule has 20 heavy (non-hydrogen) atoms. The van der Waals surface area contributed by atoms with Gasteiger partial charge in [-0.3, -0.25) is 4.79 Å². The molecule has 0 unspecified atom stereocenters. The number of aryl methyl sites for hydroxylation is 2. The Kier molecular flexibility index (Phi) is 7.09. The van der Waals surface area contributed by atoms with E-state index < -0.39 is 0 Å². The number of esters is 1. The van der Waals surface area contributed by atoms with Gasteiger partial charge in [-0.1, -0.05) is 6.07 Å². The van der Waals surface area contributed by atoms with Crippen LogP contribution in [0.4, 0.5) is 0 Å². The van der Waals surface area contributed by atoms with Gasteiger partial charge in [0.15, 0.2) is 0 Å². The lowest BCUT2D eigenvalue weighted by Crippen LogP contribution is -2.24. The van der Waals surface area contributed by atoms with E-state index in [4.69, 9.17) is 4.74 Å². The summed E-state index contributed by atoms with van der Waals surface area (Å²) in [5, 5.41) is 0. The number of carbonyl (C=O) groups is 1. The highest BCUT2D eigenvalue weighted by molar-refractivity contribution is 5.69. The Labute approximate surface area is 121 Å². The minimum absolute atomic E-state index is 0.164. The predicted molar refractivity (Wildman–Crippen MR) is 80.2 cm³/mol. The highest BCUT2D eigenvalue weighted by Gasteiger charge is 2.04. The lowest BCUT2D eigenvalue weighted by Gasteiger charge is -2.16. The molecule has 0 fully saturated rings. The maximum absolute atomic E-state index is 11.0. The molecule has 112 valence electrons.